The summed E-state index contributed by atoms with van der Waals surface area (Å²) in [5, 5.41) is 0. The largest absolute Gasteiger partial charge is 0.325 e. The molecule has 172 valence electrons. The maximum absolute atomic E-state index is 4.50. The highest BCUT2D eigenvalue weighted by Gasteiger charge is 1.99. The smallest absolute Gasteiger partial charge is 0.114 e. The van der Waals surface area contributed by atoms with Crippen LogP contribution in [0.4, 0.5) is 0 Å². The molecule has 0 aliphatic carbocycles. The Hall–Kier alpha value is -0.510. The fraction of sp³-hybridized carbons (Fsp3) is 0.880. The van der Waals surface area contributed by atoms with Gasteiger partial charge in [-0.2, -0.15) is 0 Å². The van der Waals surface area contributed by atoms with Crippen LogP contribution >= 0.6 is 17.0 Å². The Morgan fingerprint density at radius 1 is 0.655 bits per heavy atom. The molecule has 0 amide bonds. The van der Waals surface area contributed by atoms with E-state index >= 15 is 0 Å². The lowest BCUT2D eigenvalue weighted by Gasteiger charge is -2.04. The maximum atomic E-state index is 4.50. The number of rotatable bonds is 21. The predicted octanol–water partition coefficient (Wildman–Crippen LogP) is 8.61. The van der Waals surface area contributed by atoms with Gasteiger partial charge in [0.15, 0.2) is 0 Å². The van der Waals surface area contributed by atoms with E-state index in [2.05, 4.69) is 30.5 Å². The summed E-state index contributed by atoms with van der Waals surface area (Å²) in [5.41, 5.74) is 4.61. The number of imidazole rings is 1. The van der Waals surface area contributed by atoms with Gasteiger partial charge in [-0.3, -0.25) is 4.68 Å². The van der Waals surface area contributed by atoms with E-state index in [1.165, 1.54) is 121 Å². The Labute approximate surface area is 192 Å². The van der Waals surface area contributed by atoms with Crippen LogP contribution in [-0.4, -0.2) is 16.2 Å². The summed E-state index contributed by atoms with van der Waals surface area (Å²) in [5.74, 6) is 0. The SMILES string of the molecule is Br.CCCCCCCCCCCCCCCCCCc1cn(NCCCC)cn1. The number of unbranched alkanes of at least 4 members (excludes halogenated alkanes) is 16. The third kappa shape index (κ3) is 18.0. The molecule has 0 bridgehead atoms. The Bertz CT molecular complexity index is 433. The van der Waals surface area contributed by atoms with E-state index in [-0.39, 0.29) is 17.0 Å². The molecule has 1 rings (SSSR count). The van der Waals surface area contributed by atoms with Crippen LogP contribution in [0.5, 0.6) is 0 Å². The van der Waals surface area contributed by atoms with Crippen LogP contribution in [0.15, 0.2) is 12.5 Å². The topological polar surface area (TPSA) is 29.9 Å². The Morgan fingerprint density at radius 2 is 1.10 bits per heavy atom. The molecule has 29 heavy (non-hydrogen) atoms. The molecule has 1 aromatic heterocycles. The molecule has 1 N–H and O–H groups in total. The molecule has 0 aromatic carbocycles. The van der Waals surface area contributed by atoms with Gasteiger partial charge in [-0.05, 0) is 19.3 Å². The number of hydrogen-bond donors (Lipinski definition) is 1. The lowest BCUT2D eigenvalue weighted by molar-refractivity contribution is 0.529. The second-order valence-electron chi connectivity index (χ2n) is 8.59. The van der Waals surface area contributed by atoms with Crippen molar-refractivity contribution in [2.45, 2.75) is 136 Å². The van der Waals surface area contributed by atoms with Crippen LogP contribution < -0.4 is 5.43 Å². The van der Waals surface area contributed by atoms with Crippen molar-refractivity contribution >= 4 is 17.0 Å². The first-order chi connectivity index (χ1) is 13.9. The molecule has 0 aliphatic heterocycles. The third-order valence-corrected chi connectivity index (χ3v) is 5.75. The zero-order valence-electron chi connectivity index (χ0n) is 19.6. The van der Waals surface area contributed by atoms with Crippen LogP contribution in [0.25, 0.3) is 0 Å². The van der Waals surface area contributed by atoms with E-state index < -0.39 is 0 Å². The van der Waals surface area contributed by atoms with Crippen molar-refractivity contribution in [1.29, 1.82) is 0 Å². The zero-order valence-corrected chi connectivity index (χ0v) is 21.3. The third-order valence-electron chi connectivity index (χ3n) is 5.75. The Balaban J connectivity index is 0.00000784. The first kappa shape index (κ1) is 28.5. The summed E-state index contributed by atoms with van der Waals surface area (Å²) in [7, 11) is 0. The van der Waals surface area contributed by atoms with E-state index in [1.54, 1.807) is 0 Å². The molecule has 0 saturated heterocycles. The van der Waals surface area contributed by atoms with Gasteiger partial charge in [0, 0.05) is 12.7 Å². The number of nitrogens with one attached hydrogen (secondary N) is 1. The van der Waals surface area contributed by atoms with Gasteiger partial charge < -0.3 is 5.43 Å². The fourth-order valence-corrected chi connectivity index (χ4v) is 3.82. The minimum Gasteiger partial charge on any atom is -0.325 e. The van der Waals surface area contributed by atoms with E-state index in [0.717, 1.165) is 13.0 Å². The summed E-state index contributed by atoms with van der Waals surface area (Å²) in [6.45, 7) is 5.55. The molecule has 1 aromatic rings. The van der Waals surface area contributed by atoms with Gasteiger partial charge >= 0.3 is 0 Å². The molecule has 0 spiro atoms. The van der Waals surface area contributed by atoms with Crippen molar-refractivity contribution in [1.82, 2.24) is 9.66 Å². The van der Waals surface area contributed by atoms with Gasteiger partial charge in [0.05, 0.1) is 5.69 Å². The fourth-order valence-electron chi connectivity index (χ4n) is 3.82. The van der Waals surface area contributed by atoms with Gasteiger partial charge in [0.2, 0.25) is 0 Å². The minimum absolute atomic E-state index is 0. The van der Waals surface area contributed by atoms with E-state index in [0.29, 0.717) is 0 Å². The van der Waals surface area contributed by atoms with Crippen molar-refractivity contribution in [2.24, 2.45) is 0 Å². The molecule has 0 aliphatic rings. The normalized spacial score (nSPS) is 10.8. The second kappa shape index (κ2) is 22.2. The summed E-state index contributed by atoms with van der Waals surface area (Å²) >= 11 is 0. The van der Waals surface area contributed by atoms with Crippen molar-refractivity contribution in [3.63, 3.8) is 0 Å². The number of halogens is 1. The highest BCUT2D eigenvalue weighted by Crippen LogP contribution is 2.14. The average molecular weight is 473 g/mol. The lowest BCUT2D eigenvalue weighted by atomic mass is 10.0. The van der Waals surface area contributed by atoms with Gasteiger partial charge in [-0.1, -0.05) is 117 Å². The maximum Gasteiger partial charge on any atom is 0.114 e. The van der Waals surface area contributed by atoms with E-state index in [9.17, 15) is 0 Å². The zero-order chi connectivity index (χ0) is 20.1. The quantitative estimate of drug-likeness (QED) is 0.182. The number of hydrogen-bond acceptors (Lipinski definition) is 2. The highest BCUT2D eigenvalue weighted by molar-refractivity contribution is 8.93. The van der Waals surface area contributed by atoms with Crippen LogP contribution in [-0.2, 0) is 6.42 Å². The van der Waals surface area contributed by atoms with Crippen molar-refractivity contribution in [3.8, 4) is 0 Å². The minimum atomic E-state index is 0. The molecule has 3 nitrogen and oxygen atoms in total. The van der Waals surface area contributed by atoms with Crippen molar-refractivity contribution in [2.75, 3.05) is 12.0 Å². The van der Waals surface area contributed by atoms with Crippen LogP contribution in [0.2, 0.25) is 0 Å². The highest BCUT2D eigenvalue weighted by atomic mass is 79.9. The monoisotopic (exact) mass is 471 g/mol. The number of aromatic nitrogens is 2. The molecular formula is C25H50BrN3. The van der Waals surface area contributed by atoms with Crippen LogP contribution in [0, 0.1) is 0 Å². The summed E-state index contributed by atoms with van der Waals surface area (Å²) < 4.78 is 2.03. The van der Waals surface area contributed by atoms with Crippen molar-refractivity contribution < 1.29 is 0 Å². The molecule has 0 radical (unpaired) electrons. The van der Waals surface area contributed by atoms with Crippen LogP contribution in [0.3, 0.4) is 0 Å². The average Bonchev–Trinajstić information content (AvgIpc) is 3.15. The van der Waals surface area contributed by atoms with E-state index in [4.69, 9.17) is 0 Å². The van der Waals surface area contributed by atoms with Crippen LogP contribution in [0.1, 0.15) is 135 Å². The first-order valence-corrected chi connectivity index (χ1v) is 12.6. The molecular weight excluding hydrogens is 422 g/mol. The van der Waals surface area contributed by atoms with Gasteiger partial charge in [0.1, 0.15) is 6.33 Å². The summed E-state index contributed by atoms with van der Waals surface area (Å²) in [4.78, 5) is 4.50. The van der Waals surface area contributed by atoms with E-state index in [1.807, 2.05) is 11.0 Å². The lowest BCUT2D eigenvalue weighted by Crippen LogP contribution is -2.13. The Kier molecular flexibility index (Phi) is 21.8. The first-order valence-electron chi connectivity index (χ1n) is 12.6. The number of aryl methyl sites for hydroxylation is 1. The summed E-state index contributed by atoms with van der Waals surface area (Å²) in [6, 6.07) is 0. The molecule has 0 atom stereocenters. The molecule has 0 saturated carbocycles. The summed E-state index contributed by atoms with van der Waals surface area (Å²) in [6.07, 6.45) is 30.5. The predicted molar refractivity (Wildman–Crippen MR) is 135 cm³/mol. The molecule has 0 fully saturated rings. The number of nitrogens with zero attached hydrogens (tertiary/aromatic N) is 2. The second-order valence-corrected chi connectivity index (χ2v) is 8.59. The van der Waals surface area contributed by atoms with Gasteiger partial charge in [0.25, 0.3) is 0 Å². The Morgan fingerprint density at radius 3 is 1.59 bits per heavy atom. The van der Waals surface area contributed by atoms with Crippen molar-refractivity contribution in [3.05, 3.63) is 18.2 Å². The molecule has 0 unspecified atom stereocenters. The molecule has 1 heterocycles. The molecule has 4 heteroatoms. The standard InChI is InChI=1S/C25H49N3.BrH/c1-3-5-7-8-9-10-11-12-13-14-15-16-17-18-19-20-21-25-23-28(24-26-25)27-22-6-4-2;/h23-24,27H,3-22H2,1-2H3;1H. The van der Waals surface area contributed by atoms with Gasteiger partial charge in [-0.15, -0.1) is 17.0 Å². The van der Waals surface area contributed by atoms with Gasteiger partial charge in [-0.25, -0.2) is 4.98 Å².